The third kappa shape index (κ3) is 3.30. The lowest BCUT2D eigenvalue weighted by molar-refractivity contribution is -0.343. The Labute approximate surface area is 79.1 Å². The minimum Gasteiger partial charge on any atom is -0.232 e. The molecule has 0 aromatic carbocycles. The monoisotopic (exact) mass is 192 g/mol. The Morgan fingerprint density at radius 2 is 2.00 bits per heavy atom. The van der Waals surface area contributed by atoms with Gasteiger partial charge >= 0.3 is 0 Å². The summed E-state index contributed by atoms with van der Waals surface area (Å²) in [5, 5.41) is 0. The van der Waals surface area contributed by atoms with E-state index in [2.05, 4.69) is 6.92 Å². The summed E-state index contributed by atoms with van der Waals surface area (Å²) in [6.45, 7) is 3.96. The van der Waals surface area contributed by atoms with Gasteiger partial charge in [-0.05, 0) is 25.7 Å². The van der Waals surface area contributed by atoms with Gasteiger partial charge < -0.3 is 0 Å². The van der Waals surface area contributed by atoms with Crippen molar-refractivity contribution in [3.05, 3.63) is 0 Å². The van der Waals surface area contributed by atoms with Crippen molar-refractivity contribution in [2.24, 2.45) is 5.92 Å². The first-order valence-corrected chi connectivity index (χ1v) is 5.10. The van der Waals surface area contributed by atoms with Gasteiger partial charge in [-0.1, -0.05) is 31.4 Å². The van der Waals surface area contributed by atoms with Crippen molar-refractivity contribution in [2.45, 2.75) is 51.2 Å². The first-order valence-electron chi connectivity index (χ1n) is 4.66. The van der Waals surface area contributed by atoms with E-state index < -0.39 is 0 Å². The highest BCUT2D eigenvalue weighted by molar-refractivity contribution is 6.19. The summed E-state index contributed by atoms with van der Waals surface area (Å²) in [4.78, 5) is 10.1. The fraction of sp³-hybridized carbons (Fsp3) is 1.00. The maximum Gasteiger partial charge on any atom is 0.163 e. The molecule has 0 radical (unpaired) electrons. The molecule has 1 aliphatic carbocycles. The maximum atomic E-state index is 5.60. The second-order valence-electron chi connectivity index (χ2n) is 3.54. The van der Waals surface area contributed by atoms with E-state index in [0.717, 1.165) is 6.42 Å². The zero-order valence-electron chi connectivity index (χ0n) is 7.75. The topological polar surface area (TPSA) is 18.5 Å². The van der Waals surface area contributed by atoms with Crippen LogP contribution in [-0.2, 0) is 9.78 Å². The van der Waals surface area contributed by atoms with Crippen molar-refractivity contribution >= 4 is 11.6 Å². The van der Waals surface area contributed by atoms with E-state index in [-0.39, 0.29) is 11.7 Å². The lowest BCUT2D eigenvalue weighted by Gasteiger charge is -2.27. The minimum atomic E-state index is -0.348. The van der Waals surface area contributed by atoms with Crippen LogP contribution >= 0.6 is 11.6 Å². The zero-order chi connectivity index (χ0) is 8.97. The van der Waals surface area contributed by atoms with Gasteiger partial charge in [0, 0.05) is 0 Å². The fourth-order valence-corrected chi connectivity index (χ4v) is 1.62. The number of hydrogen-bond acceptors (Lipinski definition) is 2. The maximum absolute atomic E-state index is 5.60. The molecule has 1 saturated carbocycles. The van der Waals surface area contributed by atoms with Gasteiger partial charge in [-0.3, -0.25) is 0 Å². The predicted molar refractivity (Wildman–Crippen MR) is 48.9 cm³/mol. The molecule has 0 bridgehead atoms. The highest BCUT2D eigenvalue weighted by Crippen LogP contribution is 2.26. The van der Waals surface area contributed by atoms with Gasteiger partial charge in [-0.15, -0.1) is 0 Å². The summed E-state index contributed by atoms with van der Waals surface area (Å²) < 4.78 is 0. The molecule has 72 valence electrons. The molecule has 3 heteroatoms. The van der Waals surface area contributed by atoms with Crippen molar-refractivity contribution in [2.75, 3.05) is 0 Å². The smallest absolute Gasteiger partial charge is 0.163 e. The summed E-state index contributed by atoms with van der Waals surface area (Å²) in [6.07, 6.45) is 5.15. The molecule has 0 aromatic rings. The number of rotatable bonds is 3. The second-order valence-corrected chi connectivity index (χ2v) is 4.15. The molecular weight excluding hydrogens is 176 g/mol. The highest BCUT2D eigenvalue weighted by Gasteiger charge is 2.23. The molecule has 1 unspecified atom stereocenters. The standard InChI is InChI=1S/C9H17ClO2/c1-7-5-3-4-6-9(7)12-11-8(2)10/h7-9H,3-6H2,1-2H3/t7-,8?,9-/m1/s1. The molecule has 0 aromatic heterocycles. The second kappa shape index (κ2) is 5.05. The molecule has 1 rings (SSSR count). The predicted octanol–water partition coefficient (Wildman–Crippen LogP) is 3.10. The molecular formula is C9H17ClO2. The highest BCUT2D eigenvalue weighted by atomic mass is 35.5. The average molecular weight is 193 g/mol. The van der Waals surface area contributed by atoms with E-state index in [1.807, 2.05) is 0 Å². The summed E-state index contributed by atoms with van der Waals surface area (Å²) in [5.41, 5.74) is -0.348. The summed E-state index contributed by atoms with van der Waals surface area (Å²) in [6, 6.07) is 0. The van der Waals surface area contributed by atoms with Crippen molar-refractivity contribution < 1.29 is 9.78 Å². The Kier molecular flexibility index (Phi) is 4.33. The van der Waals surface area contributed by atoms with Crippen LogP contribution in [0.3, 0.4) is 0 Å². The van der Waals surface area contributed by atoms with Crippen LogP contribution in [0, 0.1) is 5.92 Å². The molecule has 2 nitrogen and oxygen atoms in total. The Hall–Kier alpha value is 0.210. The van der Waals surface area contributed by atoms with Crippen LogP contribution in [0.5, 0.6) is 0 Å². The molecule has 0 spiro atoms. The largest absolute Gasteiger partial charge is 0.232 e. The van der Waals surface area contributed by atoms with Gasteiger partial charge in [0.25, 0.3) is 0 Å². The first kappa shape index (κ1) is 10.3. The SMILES string of the molecule is CC(Cl)OO[C@@H]1CCCC[C@H]1C. The Morgan fingerprint density at radius 3 is 2.58 bits per heavy atom. The van der Waals surface area contributed by atoms with Gasteiger partial charge in [0.2, 0.25) is 0 Å². The molecule has 0 N–H and O–H groups in total. The van der Waals surface area contributed by atoms with Crippen LogP contribution in [0.25, 0.3) is 0 Å². The van der Waals surface area contributed by atoms with Gasteiger partial charge in [0.05, 0.1) is 6.10 Å². The molecule has 0 saturated heterocycles. The van der Waals surface area contributed by atoms with Gasteiger partial charge in [-0.2, -0.15) is 0 Å². The quantitative estimate of drug-likeness (QED) is 0.389. The molecule has 3 atom stereocenters. The summed E-state index contributed by atoms with van der Waals surface area (Å²) in [5.74, 6) is 0.606. The third-order valence-corrected chi connectivity index (χ3v) is 2.42. The van der Waals surface area contributed by atoms with Gasteiger partial charge in [-0.25, -0.2) is 9.78 Å². The van der Waals surface area contributed by atoms with Crippen molar-refractivity contribution in [1.29, 1.82) is 0 Å². The van der Waals surface area contributed by atoms with E-state index in [1.165, 1.54) is 19.3 Å². The van der Waals surface area contributed by atoms with Crippen LogP contribution in [0.2, 0.25) is 0 Å². The third-order valence-electron chi connectivity index (χ3n) is 2.34. The lowest BCUT2D eigenvalue weighted by Crippen LogP contribution is -2.26. The van der Waals surface area contributed by atoms with Crippen LogP contribution in [0.1, 0.15) is 39.5 Å². The number of hydrogen-bond donors (Lipinski definition) is 0. The number of alkyl halides is 1. The minimum absolute atomic E-state index is 0.250. The average Bonchev–Trinajstić information content (AvgIpc) is 2.03. The Bertz CT molecular complexity index is 128. The summed E-state index contributed by atoms with van der Waals surface area (Å²) in [7, 11) is 0. The fourth-order valence-electron chi connectivity index (χ4n) is 1.57. The van der Waals surface area contributed by atoms with E-state index >= 15 is 0 Å². The normalized spacial score (nSPS) is 33.2. The van der Waals surface area contributed by atoms with Crippen LogP contribution in [-0.4, -0.2) is 11.7 Å². The van der Waals surface area contributed by atoms with Crippen LogP contribution in [0.4, 0.5) is 0 Å². The van der Waals surface area contributed by atoms with Crippen molar-refractivity contribution in [1.82, 2.24) is 0 Å². The Morgan fingerprint density at radius 1 is 1.33 bits per heavy atom. The van der Waals surface area contributed by atoms with Crippen molar-refractivity contribution in [3.63, 3.8) is 0 Å². The van der Waals surface area contributed by atoms with Crippen LogP contribution < -0.4 is 0 Å². The zero-order valence-corrected chi connectivity index (χ0v) is 8.51. The number of halogens is 1. The van der Waals surface area contributed by atoms with Gasteiger partial charge in [0.15, 0.2) is 5.56 Å². The molecule has 0 heterocycles. The van der Waals surface area contributed by atoms with E-state index in [0.29, 0.717) is 5.92 Å². The van der Waals surface area contributed by atoms with Crippen molar-refractivity contribution in [3.8, 4) is 0 Å². The van der Waals surface area contributed by atoms with E-state index in [4.69, 9.17) is 21.4 Å². The van der Waals surface area contributed by atoms with E-state index in [9.17, 15) is 0 Å². The van der Waals surface area contributed by atoms with E-state index in [1.54, 1.807) is 6.92 Å². The molecule has 0 amide bonds. The van der Waals surface area contributed by atoms with Gasteiger partial charge in [0.1, 0.15) is 0 Å². The first-order chi connectivity index (χ1) is 5.70. The Balaban J connectivity index is 2.20. The summed E-state index contributed by atoms with van der Waals surface area (Å²) >= 11 is 5.60. The van der Waals surface area contributed by atoms with Crippen LogP contribution in [0.15, 0.2) is 0 Å². The molecule has 1 fully saturated rings. The molecule has 12 heavy (non-hydrogen) atoms. The molecule has 1 aliphatic rings. The lowest BCUT2D eigenvalue weighted by atomic mass is 9.88. The molecule has 0 aliphatic heterocycles.